The van der Waals surface area contributed by atoms with Crippen LogP contribution < -0.4 is 9.46 Å². The van der Waals surface area contributed by atoms with Gasteiger partial charge in [-0.2, -0.15) is 0 Å². The first kappa shape index (κ1) is 16.3. The summed E-state index contributed by atoms with van der Waals surface area (Å²) in [6.45, 7) is 2.49. The molecule has 0 fully saturated rings. The summed E-state index contributed by atoms with van der Waals surface area (Å²) in [5.74, 6) is 0.727. The minimum absolute atomic E-state index is 0.218. The highest BCUT2D eigenvalue weighted by atomic mass is 32.2. The monoisotopic (exact) mass is 317 g/mol. The van der Waals surface area contributed by atoms with Crippen LogP contribution in [0, 0.1) is 6.92 Å². The Morgan fingerprint density at radius 2 is 1.73 bits per heavy atom. The highest BCUT2D eigenvalue weighted by Crippen LogP contribution is 2.10. The smallest absolute Gasteiger partial charge is 0.233 e. The first-order chi connectivity index (χ1) is 10.6. The van der Waals surface area contributed by atoms with Crippen molar-refractivity contribution < 1.29 is 13.2 Å². The van der Waals surface area contributed by atoms with E-state index < -0.39 is 10.0 Å². The van der Waals surface area contributed by atoms with Gasteiger partial charge in [-0.1, -0.05) is 48.0 Å². The largest absolute Gasteiger partial charge is 0.492 e. The number of rotatable bonds is 7. The lowest BCUT2D eigenvalue weighted by Gasteiger charge is -2.07. The number of sulfonamides is 1. The van der Waals surface area contributed by atoms with E-state index in [-0.39, 0.29) is 13.2 Å². The number of benzene rings is 2. The zero-order valence-corrected chi connectivity index (χ0v) is 13.2. The van der Waals surface area contributed by atoms with Crippen molar-refractivity contribution in [3.63, 3.8) is 0 Å². The molecule has 0 saturated heterocycles. The number of aryl methyl sites for hydroxylation is 1. The molecule has 5 heteroatoms. The summed E-state index contributed by atoms with van der Waals surface area (Å²) in [5.41, 5.74) is 1.99. The van der Waals surface area contributed by atoms with Crippen molar-refractivity contribution in [1.82, 2.24) is 4.72 Å². The minimum atomic E-state index is -3.45. The molecule has 2 rings (SSSR count). The van der Waals surface area contributed by atoms with Gasteiger partial charge in [0.1, 0.15) is 12.4 Å². The summed E-state index contributed by atoms with van der Waals surface area (Å²) >= 11 is 0. The Labute approximate surface area is 131 Å². The van der Waals surface area contributed by atoms with Gasteiger partial charge in [0.05, 0.1) is 0 Å². The van der Waals surface area contributed by atoms with Gasteiger partial charge in [-0.15, -0.1) is 0 Å². The molecule has 0 amide bonds. The molecule has 0 bridgehead atoms. The maximum atomic E-state index is 11.8. The highest BCUT2D eigenvalue weighted by molar-refractivity contribution is 7.92. The van der Waals surface area contributed by atoms with Crippen LogP contribution in [0.1, 0.15) is 11.1 Å². The third-order valence-electron chi connectivity index (χ3n) is 2.93. The number of hydrogen-bond donors (Lipinski definition) is 1. The van der Waals surface area contributed by atoms with Crippen molar-refractivity contribution in [2.45, 2.75) is 6.92 Å². The topological polar surface area (TPSA) is 55.4 Å². The van der Waals surface area contributed by atoms with E-state index >= 15 is 0 Å². The quantitative estimate of drug-likeness (QED) is 0.799. The summed E-state index contributed by atoms with van der Waals surface area (Å²) in [6, 6.07) is 16.9. The summed E-state index contributed by atoms with van der Waals surface area (Å²) in [6.07, 6.45) is 1.56. The molecular weight excluding hydrogens is 298 g/mol. The van der Waals surface area contributed by atoms with E-state index in [0.29, 0.717) is 0 Å². The molecule has 0 aromatic heterocycles. The van der Waals surface area contributed by atoms with Crippen molar-refractivity contribution in [1.29, 1.82) is 0 Å². The Balaban J connectivity index is 1.78. The molecule has 0 saturated carbocycles. The Morgan fingerprint density at radius 3 is 2.41 bits per heavy atom. The Hall–Kier alpha value is -2.11. The van der Waals surface area contributed by atoms with E-state index in [1.54, 1.807) is 6.08 Å². The SMILES string of the molecule is Cc1ccc(OCCNS(=O)(=O)C=Cc2ccccc2)cc1. The first-order valence-corrected chi connectivity index (χ1v) is 8.52. The lowest BCUT2D eigenvalue weighted by Crippen LogP contribution is -2.26. The van der Waals surface area contributed by atoms with Gasteiger partial charge >= 0.3 is 0 Å². The van der Waals surface area contributed by atoms with E-state index in [1.807, 2.05) is 61.5 Å². The molecule has 0 aliphatic heterocycles. The van der Waals surface area contributed by atoms with E-state index in [9.17, 15) is 8.42 Å². The molecule has 4 nitrogen and oxygen atoms in total. The van der Waals surface area contributed by atoms with Crippen molar-refractivity contribution in [3.05, 3.63) is 71.1 Å². The zero-order valence-electron chi connectivity index (χ0n) is 12.4. The van der Waals surface area contributed by atoms with Gasteiger partial charge in [0.25, 0.3) is 0 Å². The predicted octanol–water partition coefficient (Wildman–Crippen LogP) is 2.96. The maximum Gasteiger partial charge on any atom is 0.233 e. The van der Waals surface area contributed by atoms with E-state index in [1.165, 1.54) is 0 Å². The third kappa shape index (κ3) is 5.71. The second-order valence-corrected chi connectivity index (χ2v) is 6.47. The number of nitrogens with one attached hydrogen (secondary N) is 1. The molecule has 0 unspecified atom stereocenters. The van der Waals surface area contributed by atoms with Crippen molar-refractivity contribution in [2.24, 2.45) is 0 Å². The third-order valence-corrected chi connectivity index (χ3v) is 4.04. The van der Waals surface area contributed by atoms with Crippen LogP contribution >= 0.6 is 0 Å². The maximum absolute atomic E-state index is 11.8. The van der Waals surface area contributed by atoms with Crippen molar-refractivity contribution in [2.75, 3.05) is 13.2 Å². The summed E-state index contributed by atoms with van der Waals surface area (Å²) < 4.78 is 31.6. The summed E-state index contributed by atoms with van der Waals surface area (Å²) in [7, 11) is -3.45. The highest BCUT2D eigenvalue weighted by Gasteiger charge is 2.04. The van der Waals surface area contributed by atoms with Crippen LogP contribution in [0.5, 0.6) is 5.75 Å². The normalized spacial score (nSPS) is 11.7. The Kier molecular flexibility index (Phi) is 5.75. The molecule has 0 aliphatic rings. The molecule has 0 radical (unpaired) electrons. The van der Waals surface area contributed by atoms with E-state index in [4.69, 9.17) is 4.74 Å². The standard InChI is InChI=1S/C17H19NO3S/c1-15-7-9-17(10-8-15)21-13-12-18-22(19,20)14-11-16-5-3-2-4-6-16/h2-11,14,18H,12-13H2,1H3. The van der Waals surface area contributed by atoms with E-state index in [2.05, 4.69) is 4.72 Å². The average Bonchev–Trinajstić information content (AvgIpc) is 2.52. The van der Waals surface area contributed by atoms with Crippen LogP contribution in [0.25, 0.3) is 6.08 Å². The zero-order chi connectivity index (χ0) is 15.8. The minimum Gasteiger partial charge on any atom is -0.492 e. The summed E-state index contributed by atoms with van der Waals surface area (Å²) in [4.78, 5) is 0. The Bertz CT molecular complexity index is 707. The lowest BCUT2D eigenvalue weighted by atomic mass is 10.2. The van der Waals surface area contributed by atoms with Crippen LogP contribution in [-0.2, 0) is 10.0 Å². The lowest BCUT2D eigenvalue weighted by molar-refractivity contribution is 0.323. The van der Waals surface area contributed by atoms with Gasteiger partial charge in [-0.3, -0.25) is 0 Å². The molecule has 0 spiro atoms. The van der Waals surface area contributed by atoms with Gasteiger partial charge in [-0.05, 0) is 30.7 Å². The first-order valence-electron chi connectivity index (χ1n) is 6.97. The van der Waals surface area contributed by atoms with Gasteiger partial charge in [0.15, 0.2) is 0 Å². The number of hydrogen-bond acceptors (Lipinski definition) is 3. The molecule has 2 aromatic carbocycles. The van der Waals surface area contributed by atoms with E-state index in [0.717, 1.165) is 22.3 Å². The van der Waals surface area contributed by atoms with Gasteiger partial charge in [0, 0.05) is 12.0 Å². The molecule has 2 aromatic rings. The fourth-order valence-electron chi connectivity index (χ4n) is 1.77. The molecule has 0 heterocycles. The average molecular weight is 317 g/mol. The molecule has 1 N–H and O–H groups in total. The predicted molar refractivity (Wildman–Crippen MR) is 89.1 cm³/mol. The molecule has 0 aliphatic carbocycles. The summed E-state index contributed by atoms with van der Waals surface area (Å²) in [5, 5.41) is 1.16. The fourth-order valence-corrected chi connectivity index (χ4v) is 2.57. The van der Waals surface area contributed by atoms with Gasteiger partial charge < -0.3 is 4.74 Å². The second-order valence-electron chi connectivity index (χ2n) is 4.81. The van der Waals surface area contributed by atoms with Crippen molar-refractivity contribution in [3.8, 4) is 5.75 Å². The molecule has 116 valence electrons. The number of ether oxygens (including phenoxy) is 1. The van der Waals surface area contributed by atoms with Crippen molar-refractivity contribution >= 4 is 16.1 Å². The fraction of sp³-hybridized carbons (Fsp3) is 0.176. The molecular formula is C17H19NO3S. The molecule has 22 heavy (non-hydrogen) atoms. The van der Waals surface area contributed by atoms with Gasteiger partial charge in [0.2, 0.25) is 10.0 Å². The van der Waals surface area contributed by atoms with Crippen LogP contribution in [-0.4, -0.2) is 21.6 Å². The van der Waals surface area contributed by atoms with Crippen LogP contribution in [0.2, 0.25) is 0 Å². The Morgan fingerprint density at radius 1 is 1.05 bits per heavy atom. The molecule has 0 atom stereocenters. The van der Waals surface area contributed by atoms with Crippen LogP contribution in [0.15, 0.2) is 60.0 Å². The van der Waals surface area contributed by atoms with Crippen LogP contribution in [0.4, 0.5) is 0 Å². The van der Waals surface area contributed by atoms with Gasteiger partial charge in [-0.25, -0.2) is 13.1 Å². The van der Waals surface area contributed by atoms with Crippen LogP contribution in [0.3, 0.4) is 0 Å². The second kappa shape index (κ2) is 7.77.